The van der Waals surface area contributed by atoms with Crippen LogP contribution in [0.5, 0.6) is 5.75 Å². The first kappa shape index (κ1) is 21.8. The molecule has 1 unspecified atom stereocenters. The predicted molar refractivity (Wildman–Crippen MR) is 119 cm³/mol. The SMILES string of the molecule is CCCN1c2cc(OC)c(/C=N\NC(=O)c3cccc(F)c3)cc2C(C)CC1(C)C. The molecule has 2 aromatic carbocycles. The Kier molecular flexibility index (Phi) is 6.44. The van der Waals surface area contributed by atoms with Crippen molar-refractivity contribution in [3.8, 4) is 5.75 Å². The highest BCUT2D eigenvalue weighted by atomic mass is 19.1. The van der Waals surface area contributed by atoms with Gasteiger partial charge in [0.25, 0.3) is 5.91 Å². The molecule has 30 heavy (non-hydrogen) atoms. The number of fused-ring (bicyclic) bond motifs is 1. The summed E-state index contributed by atoms with van der Waals surface area (Å²) >= 11 is 0. The second-order valence-corrected chi connectivity index (χ2v) is 8.43. The molecular weight excluding hydrogens is 381 g/mol. The number of carbonyl (C=O) groups is 1. The van der Waals surface area contributed by atoms with E-state index in [1.165, 1.54) is 29.4 Å². The standard InChI is InChI=1S/C24H30FN3O2/c1-6-10-28-21-13-22(30-5)18(12-20(21)16(2)14-24(28,3)4)15-26-27-23(29)17-8-7-9-19(25)11-17/h7-9,11-13,15-16H,6,10,14H2,1-5H3,(H,27,29)/b26-15-. The summed E-state index contributed by atoms with van der Waals surface area (Å²) in [5.74, 6) is 0.162. The van der Waals surface area contributed by atoms with Gasteiger partial charge < -0.3 is 9.64 Å². The van der Waals surface area contributed by atoms with E-state index in [2.05, 4.69) is 55.3 Å². The highest BCUT2D eigenvalue weighted by molar-refractivity contribution is 5.95. The summed E-state index contributed by atoms with van der Waals surface area (Å²) in [6.45, 7) is 9.97. The van der Waals surface area contributed by atoms with Gasteiger partial charge in [-0.2, -0.15) is 5.10 Å². The van der Waals surface area contributed by atoms with Crippen LogP contribution in [0.1, 0.15) is 67.9 Å². The number of methoxy groups -OCH3 is 1. The number of nitrogens with zero attached hydrogens (tertiary/aromatic N) is 2. The van der Waals surface area contributed by atoms with E-state index in [1.807, 2.05) is 0 Å². The molecular formula is C24H30FN3O2. The van der Waals surface area contributed by atoms with Crippen molar-refractivity contribution in [2.24, 2.45) is 5.10 Å². The Morgan fingerprint density at radius 1 is 1.37 bits per heavy atom. The first-order chi connectivity index (χ1) is 14.3. The van der Waals surface area contributed by atoms with E-state index in [1.54, 1.807) is 19.4 Å². The number of hydrogen-bond donors (Lipinski definition) is 1. The van der Waals surface area contributed by atoms with Gasteiger partial charge in [-0.1, -0.05) is 19.9 Å². The fraction of sp³-hybridized carbons (Fsp3) is 0.417. The lowest BCUT2D eigenvalue weighted by Gasteiger charge is -2.47. The summed E-state index contributed by atoms with van der Waals surface area (Å²) in [6.07, 6.45) is 3.70. The van der Waals surface area contributed by atoms with Crippen LogP contribution in [0.2, 0.25) is 0 Å². The molecule has 0 radical (unpaired) electrons. The molecule has 3 rings (SSSR count). The van der Waals surface area contributed by atoms with Gasteiger partial charge in [0.05, 0.1) is 13.3 Å². The van der Waals surface area contributed by atoms with Gasteiger partial charge in [-0.05, 0) is 62.4 Å². The zero-order valence-corrected chi connectivity index (χ0v) is 18.3. The van der Waals surface area contributed by atoms with Crippen molar-refractivity contribution < 1.29 is 13.9 Å². The average molecular weight is 412 g/mol. The Morgan fingerprint density at radius 2 is 2.13 bits per heavy atom. The first-order valence-electron chi connectivity index (χ1n) is 10.4. The van der Waals surface area contributed by atoms with Crippen LogP contribution in [0.25, 0.3) is 0 Å². The predicted octanol–water partition coefficient (Wildman–Crippen LogP) is 5.10. The third-order valence-electron chi connectivity index (χ3n) is 5.64. The fourth-order valence-electron chi connectivity index (χ4n) is 4.31. The van der Waals surface area contributed by atoms with Crippen molar-refractivity contribution >= 4 is 17.8 Å². The van der Waals surface area contributed by atoms with Crippen LogP contribution in [-0.4, -0.2) is 31.3 Å². The third-order valence-corrected chi connectivity index (χ3v) is 5.64. The molecule has 0 bridgehead atoms. The minimum atomic E-state index is -0.466. The maximum Gasteiger partial charge on any atom is 0.271 e. The summed E-state index contributed by atoms with van der Waals surface area (Å²) < 4.78 is 18.9. The van der Waals surface area contributed by atoms with Crippen molar-refractivity contribution in [2.45, 2.75) is 52.0 Å². The molecule has 1 atom stereocenters. The molecule has 6 heteroatoms. The van der Waals surface area contributed by atoms with Crippen molar-refractivity contribution in [3.05, 3.63) is 58.9 Å². The zero-order chi connectivity index (χ0) is 21.9. The molecule has 0 fully saturated rings. The highest BCUT2D eigenvalue weighted by Crippen LogP contribution is 2.45. The molecule has 1 amide bonds. The number of anilines is 1. The van der Waals surface area contributed by atoms with Gasteiger partial charge in [0.2, 0.25) is 0 Å². The number of halogens is 1. The van der Waals surface area contributed by atoms with E-state index in [0.717, 1.165) is 24.9 Å². The number of carbonyl (C=O) groups excluding carboxylic acids is 1. The largest absolute Gasteiger partial charge is 0.496 e. The second kappa shape index (κ2) is 8.86. The number of benzene rings is 2. The molecule has 0 aliphatic carbocycles. The number of ether oxygens (including phenoxy) is 1. The molecule has 1 aliphatic rings. The fourth-order valence-corrected chi connectivity index (χ4v) is 4.31. The zero-order valence-electron chi connectivity index (χ0n) is 18.3. The quantitative estimate of drug-likeness (QED) is 0.531. The maximum absolute atomic E-state index is 13.3. The molecule has 160 valence electrons. The Bertz CT molecular complexity index is 955. The van der Waals surface area contributed by atoms with Crippen LogP contribution in [0.3, 0.4) is 0 Å². The number of hydrogen-bond acceptors (Lipinski definition) is 4. The van der Waals surface area contributed by atoms with Gasteiger partial charge in [0, 0.05) is 35.0 Å². The molecule has 0 saturated carbocycles. The van der Waals surface area contributed by atoms with Gasteiger partial charge in [0.15, 0.2) is 0 Å². The Labute approximate surface area is 177 Å². The number of hydrazone groups is 1. The molecule has 2 aromatic rings. The van der Waals surface area contributed by atoms with E-state index in [-0.39, 0.29) is 11.1 Å². The minimum absolute atomic E-state index is 0.0714. The Morgan fingerprint density at radius 3 is 2.80 bits per heavy atom. The molecule has 1 aliphatic heterocycles. The van der Waals surface area contributed by atoms with Crippen molar-refractivity contribution in [1.82, 2.24) is 5.43 Å². The molecule has 1 heterocycles. The molecule has 1 N–H and O–H groups in total. The van der Waals surface area contributed by atoms with Gasteiger partial charge in [-0.15, -0.1) is 0 Å². The molecule has 5 nitrogen and oxygen atoms in total. The van der Waals surface area contributed by atoms with E-state index >= 15 is 0 Å². The first-order valence-corrected chi connectivity index (χ1v) is 10.4. The summed E-state index contributed by atoms with van der Waals surface area (Å²) in [7, 11) is 1.63. The smallest absolute Gasteiger partial charge is 0.271 e. The Balaban J connectivity index is 1.88. The topological polar surface area (TPSA) is 53.9 Å². The van der Waals surface area contributed by atoms with Crippen LogP contribution in [-0.2, 0) is 0 Å². The number of amides is 1. The van der Waals surface area contributed by atoms with Crippen LogP contribution in [0.15, 0.2) is 41.5 Å². The lowest BCUT2D eigenvalue weighted by Crippen LogP contribution is -2.48. The lowest BCUT2D eigenvalue weighted by molar-refractivity contribution is 0.0954. The summed E-state index contributed by atoms with van der Waals surface area (Å²) in [4.78, 5) is 14.6. The van der Waals surface area contributed by atoms with Crippen molar-refractivity contribution in [2.75, 3.05) is 18.6 Å². The molecule has 0 aromatic heterocycles. The normalized spacial score (nSPS) is 17.7. The third kappa shape index (κ3) is 4.48. The second-order valence-electron chi connectivity index (χ2n) is 8.43. The van der Waals surface area contributed by atoms with Crippen molar-refractivity contribution in [1.29, 1.82) is 0 Å². The van der Waals surface area contributed by atoms with E-state index in [4.69, 9.17) is 4.74 Å². The van der Waals surface area contributed by atoms with Gasteiger partial charge >= 0.3 is 0 Å². The number of rotatable bonds is 6. The molecule has 0 spiro atoms. The van der Waals surface area contributed by atoms with Gasteiger partial charge in [-0.3, -0.25) is 4.79 Å². The van der Waals surface area contributed by atoms with E-state index in [9.17, 15) is 9.18 Å². The maximum atomic E-state index is 13.3. The highest BCUT2D eigenvalue weighted by Gasteiger charge is 2.36. The average Bonchev–Trinajstić information content (AvgIpc) is 2.70. The van der Waals surface area contributed by atoms with Crippen LogP contribution < -0.4 is 15.1 Å². The van der Waals surface area contributed by atoms with Gasteiger partial charge in [-0.25, -0.2) is 9.82 Å². The molecule has 0 saturated heterocycles. The minimum Gasteiger partial charge on any atom is -0.496 e. The summed E-state index contributed by atoms with van der Waals surface area (Å²) in [6, 6.07) is 9.66. The van der Waals surface area contributed by atoms with E-state index < -0.39 is 11.7 Å². The van der Waals surface area contributed by atoms with Crippen LogP contribution in [0.4, 0.5) is 10.1 Å². The lowest BCUT2D eigenvalue weighted by atomic mass is 9.79. The number of nitrogens with one attached hydrogen (secondary N) is 1. The van der Waals surface area contributed by atoms with E-state index in [0.29, 0.717) is 11.7 Å². The summed E-state index contributed by atoms with van der Waals surface area (Å²) in [5.41, 5.74) is 5.98. The van der Waals surface area contributed by atoms with Gasteiger partial charge in [0.1, 0.15) is 11.6 Å². The van der Waals surface area contributed by atoms with Crippen LogP contribution in [0, 0.1) is 5.82 Å². The van der Waals surface area contributed by atoms with Crippen molar-refractivity contribution in [3.63, 3.8) is 0 Å². The Hall–Kier alpha value is -2.89. The monoisotopic (exact) mass is 411 g/mol. The summed E-state index contributed by atoms with van der Waals surface area (Å²) in [5, 5.41) is 4.07. The van der Waals surface area contributed by atoms with Crippen LogP contribution >= 0.6 is 0 Å².